The molecule has 2 aliphatic heterocycles. The molecule has 1 amide bonds. The van der Waals surface area contributed by atoms with Gasteiger partial charge < -0.3 is 9.80 Å². The summed E-state index contributed by atoms with van der Waals surface area (Å²) in [6.45, 7) is 10.6. The molecule has 3 heterocycles. The molecule has 0 saturated carbocycles. The fraction of sp³-hybridized carbons (Fsp3) is 0.300. The number of hydrogen-bond donors (Lipinski definition) is 0. The highest BCUT2D eigenvalue weighted by Crippen LogP contribution is 2.42. The van der Waals surface area contributed by atoms with Gasteiger partial charge in [-0.1, -0.05) is 62.4 Å². The van der Waals surface area contributed by atoms with E-state index in [-0.39, 0.29) is 45.8 Å². The van der Waals surface area contributed by atoms with Gasteiger partial charge >= 0.3 is 10.2 Å². The Balaban J connectivity index is 1.72. The molecular weight excluding hydrogens is 565 g/mol. The standard InChI is InChI=1S/C30H31ClFN5O3S/c1-5-27(38)35-14-15-36(20(4)18-35)30-23-17-24(31)28(22-11-7-8-12-25(22)32)33-29(23)37(41(39,40)34-30)26-13-9-6-10-21(26)16-19(2)3/h5-13,17,19-20H,1,14-16,18H2,2-4H3. The fourth-order valence-corrected chi connectivity index (χ4v) is 6.86. The van der Waals surface area contributed by atoms with Crippen molar-refractivity contribution in [1.29, 1.82) is 0 Å². The molecule has 0 aliphatic carbocycles. The number of para-hydroxylation sites is 1. The second-order valence-corrected chi connectivity index (χ2v) is 12.4. The van der Waals surface area contributed by atoms with Crippen LogP contribution >= 0.6 is 11.6 Å². The van der Waals surface area contributed by atoms with Crippen LogP contribution in [0.25, 0.3) is 11.3 Å². The van der Waals surface area contributed by atoms with Gasteiger partial charge in [-0.25, -0.2) is 13.7 Å². The van der Waals surface area contributed by atoms with Gasteiger partial charge in [-0.3, -0.25) is 4.79 Å². The first kappa shape index (κ1) is 28.8. The summed E-state index contributed by atoms with van der Waals surface area (Å²) >= 11 is 6.72. The quantitative estimate of drug-likeness (QED) is 0.358. The molecule has 2 aromatic carbocycles. The topological polar surface area (TPSA) is 86.2 Å². The third-order valence-corrected chi connectivity index (χ3v) is 8.70. The van der Waals surface area contributed by atoms with Gasteiger partial charge in [0.25, 0.3) is 0 Å². The average Bonchev–Trinajstić information content (AvgIpc) is 2.93. The van der Waals surface area contributed by atoms with Gasteiger partial charge in [-0.15, -0.1) is 4.40 Å². The van der Waals surface area contributed by atoms with Crippen LogP contribution in [0.3, 0.4) is 0 Å². The summed E-state index contributed by atoms with van der Waals surface area (Å²) in [6, 6.07) is 14.7. The SMILES string of the molecule is C=CC(=O)N1CCN(C2=NS(=O)(=O)N(c3ccccc3CC(C)C)c3nc(-c4ccccc4F)c(Cl)cc32)C(C)C1. The number of carbonyl (C=O) groups excluding carboxylic acids is 1. The number of amidine groups is 1. The van der Waals surface area contributed by atoms with Gasteiger partial charge in [-0.05, 0) is 55.2 Å². The van der Waals surface area contributed by atoms with Crippen molar-refractivity contribution in [3.8, 4) is 11.3 Å². The lowest BCUT2D eigenvalue weighted by Crippen LogP contribution is -2.56. The molecule has 0 bridgehead atoms. The molecular formula is C30H31ClFN5O3S. The van der Waals surface area contributed by atoms with Crippen LogP contribution < -0.4 is 4.31 Å². The Bertz CT molecular complexity index is 1660. The van der Waals surface area contributed by atoms with E-state index < -0.39 is 16.0 Å². The van der Waals surface area contributed by atoms with Crippen molar-refractivity contribution in [3.05, 3.63) is 89.2 Å². The van der Waals surface area contributed by atoms with E-state index in [1.165, 1.54) is 12.1 Å². The van der Waals surface area contributed by atoms with Crippen LogP contribution in [0.5, 0.6) is 0 Å². The summed E-state index contributed by atoms with van der Waals surface area (Å²) in [5.74, 6) is -0.194. The molecule has 0 radical (unpaired) electrons. The summed E-state index contributed by atoms with van der Waals surface area (Å²) in [4.78, 5) is 20.5. The highest BCUT2D eigenvalue weighted by molar-refractivity contribution is 7.92. The first-order valence-corrected chi connectivity index (χ1v) is 15.2. The molecule has 0 N–H and O–H groups in total. The van der Waals surface area contributed by atoms with Crippen molar-refractivity contribution >= 4 is 45.1 Å². The lowest BCUT2D eigenvalue weighted by atomic mass is 10.0. The van der Waals surface area contributed by atoms with Crippen LogP contribution in [0.15, 0.2) is 71.6 Å². The Morgan fingerprint density at radius 1 is 1.15 bits per heavy atom. The van der Waals surface area contributed by atoms with E-state index in [1.54, 1.807) is 41.3 Å². The molecule has 1 unspecified atom stereocenters. The van der Waals surface area contributed by atoms with Crippen molar-refractivity contribution in [3.63, 3.8) is 0 Å². The van der Waals surface area contributed by atoms with Crippen LogP contribution in [-0.4, -0.2) is 60.6 Å². The number of hydrogen-bond acceptors (Lipinski definition) is 5. The Morgan fingerprint density at radius 2 is 1.85 bits per heavy atom. The summed E-state index contributed by atoms with van der Waals surface area (Å²) in [7, 11) is -4.34. The molecule has 0 spiro atoms. The predicted octanol–water partition coefficient (Wildman–Crippen LogP) is 5.60. The molecule has 41 heavy (non-hydrogen) atoms. The van der Waals surface area contributed by atoms with Gasteiger partial charge in [0.15, 0.2) is 11.7 Å². The molecule has 1 saturated heterocycles. The van der Waals surface area contributed by atoms with E-state index in [2.05, 4.69) is 24.8 Å². The summed E-state index contributed by atoms with van der Waals surface area (Å²) in [5.41, 5.74) is 1.92. The van der Waals surface area contributed by atoms with Gasteiger partial charge in [0.05, 0.1) is 22.0 Å². The summed E-state index contributed by atoms with van der Waals surface area (Å²) < 4.78 is 48.4. The fourth-order valence-electron chi connectivity index (χ4n) is 5.32. The number of anilines is 2. The molecule has 1 aromatic heterocycles. The number of nitrogens with zero attached hydrogens (tertiary/aromatic N) is 5. The summed E-state index contributed by atoms with van der Waals surface area (Å²) in [5, 5.41) is 0.157. The number of fused-ring (bicyclic) bond motifs is 1. The van der Waals surface area contributed by atoms with E-state index in [0.717, 1.165) is 9.87 Å². The first-order chi connectivity index (χ1) is 19.5. The van der Waals surface area contributed by atoms with Crippen molar-refractivity contribution in [2.24, 2.45) is 10.3 Å². The number of pyridine rings is 1. The Kier molecular flexibility index (Phi) is 7.89. The molecule has 1 fully saturated rings. The zero-order valence-electron chi connectivity index (χ0n) is 23.1. The van der Waals surface area contributed by atoms with Gasteiger partial charge in [0, 0.05) is 31.2 Å². The maximum atomic E-state index is 14.9. The van der Waals surface area contributed by atoms with Crippen LogP contribution in [0.1, 0.15) is 31.9 Å². The molecule has 214 valence electrons. The minimum atomic E-state index is -4.34. The highest BCUT2D eigenvalue weighted by Gasteiger charge is 2.40. The number of halogens is 2. The van der Waals surface area contributed by atoms with Gasteiger partial charge in [0.2, 0.25) is 5.91 Å². The minimum absolute atomic E-state index is 0.0886. The Labute approximate surface area is 245 Å². The number of carbonyl (C=O) groups is 1. The highest BCUT2D eigenvalue weighted by atomic mass is 35.5. The zero-order chi connectivity index (χ0) is 29.5. The number of benzene rings is 2. The average molecular weight is 596 g/mol. The van der Waals surface area contributed by atoms with E-state index >= 15 is 0 Å². The van der Waals surface area contributed by atoms with Crippen LogP contribution in [0.2, 0.25) is 5.02 Å². The number of amides is 1. The largest absolute Gasteiger partial charge is 0.352 e. The van der Waals surface area contributed by atoms with Crippen LogP contribution in [0.4, 0.5) is 15.9 Å². The second-order valence-electron chi connectivity index (χ2n) is 10.6. The first-order valence-electron chi connectivity index (χ1n) is 13.4. The molecule has 1 atom stereocenters. The normalized spacial score (nSPS) is 18.2. The van der Waals surface area contributed by atoms with E-state index in [1.807, 2.05) is 24.0 Å². The predicted molar refractivity (Wildman–Crippen MR) is 160 cm³/mol. The van der Waals surface area contributed by atoms with Gasteiger partial charge in [0.1, 0.15) is 5.82 Å². The van der Waals surface area contributed by atoms with Crippen molar-refractivity contribution in [2.75, 3.05) is 23.9 Å². The van der Waals surface area contributed by atoms with Crippen molar-refractivity contribution in [1.82, 2.24) is 14.8 Å². The van der Waals surface area contributed by atoms with E-state index in [0.29, 0.717) is 37.3 Å². The molecule has 2 aliphatic rings. The lowest BCUT2D eigenvalue weighted by Gasteiger charge is -2.42. The molecule has 11 heteroatoms. The van der Waals surface area contributed by atoms with E-state index in [4.69, 9.17) is 16.6 Å². The van der Waals surface area contributed by atoms with Crippen molar-refractivity contribution in [2.45, 2.75) is 33.2 Å². The molecule has 8 nitrogen and oxygen atoms in total. The number of piperazine rings is 1. The number of rotatable bonds is 5. The van der Waals surface area contributed by atoms with E-state index in [9.17, 15) is 17.6 Å². The lowest BCUT2D eigenvalue weighted by molar-refractivity contribution is -0.128. The third-order valence-electron chi connectivity index (χ3n) is 7.18. The minimum Gasteiger partial charge on any atom is -0.349 e. The monoisotopic (exact) mass is 595 g/mol. The smallest absolute Gasteiger partial charge is 0.349 e. The van der Waals surface area contributed by atoms with Crippen LogP contribution in [-0.2, 0) is 21.4 Å². The zero-order valence-corrected chi connectivity index (χ0v) is 24.7. The van der Waals surface area contributed by atoms with Crippen LogP contribution in [0, 0.1) is 11.7 Å². The summed E-state index contributed by atoms with van der Waals surface area (Å²) in [6.07, 6.45) is 1.89. The number of aromatic nitrogens is 1. The Morgan fingerprint density at radius 3 is 2.54 bits per heavy atom. The van der Waals surface area contributed by atoms with Gasteiger partial charge in [-0.2, -0.15) is 8.42 Å². The third kappa shape index (κ3) is 5.46. The second kappa shape index (κ2) is 11.3. The maximum absolute atomic E-state index is 14.9. The Hall–Kier alpha value is -3.76. The van der Waals surface area contributed by atoms with Crippen molar-refractivity contribution < 1.29 is 17.6 Å². The molecule has 5 rings (SSSR count). The maximum Gasteiger partial charge on any atom is 0.352 e. The molecule has 3 aromatic rings.